The molecule has 118 valence electrons. The number of benzene rings is 1. The van der Waals surface area contributed by atoms with Crippen molar-refractivity contribution in [3.8, 4) is 5.75 Å². The van der Waals surface area contributed by atoms with E-state index in [0.717, 1.165) is 18.4 Å². The summed E-state index contributed by atoms with van der Waals surface area (Å²) in [6, 6.07) is 7.17. The number of ether oxygens (including phenoxy) is 1. The monoisotopic (exact) mass is 311 g/mol. The van der Waals surface area contributed by atoms with E-state index in [-0.39, 0.29) is 5.91 Å². The number of hydrogen-bond donors (Lipinski definition) is 1. The van der Waals surface area contributed by atoms with E-state index in [0.29, 0.717) is 23.6 Å². The van der Waals surface area contributed by atoms with Crippen LogP contribution in [0.2, 0.25) is 0 Å². The van der Waals surface area contributed by atoms with Crippen molar-refractivity contribution in [1.82, 2.24) is 24.9 Å². The fraction of sp³-hybridized carbons (Fsp3) is 0.250. The molecule has 0 atom stereocenters. The highest BCUT2D eigenvalue weighted by molar-refractivity contribution is 5.96. The molecule has 0 aliphatic rings. The van der Waals surface area contributed by atoms with Gasteiger partial charge in [0.05, 0.1) is 12.7 Å². The van der Waals surface area contributed by atoms with Crippen LogP contribution in [0.3, 0.4) is 0 Å². The standard InChI is InChI=1S/C16H17N5O2/c1-23-14-7-3-2-6-13(14)15(22)17-8-4-5-12-9-18-16-19-11-20-21(16)10-12/h2-3,6-7,9-11H,4-5,8H2,1H3,(H,17,22). The van der Waals surface area contributed by atoms with Gasteiger partial charge in [-0.1, -0.05) is 12.1 Å². The second kappa shape index (κ2) is 6.87. The van der Waals surface area contributed by atoms with E-state index < -0.39 is 0 Å². The summed E-state index contributed by atoms with van der Waals surface area (Å²) in [6.45, 7) is 0.576. The number of hydrogen-bond acceptors (Lipinski definition) is 5. The molecule has 0 unspecified atom stereocenters. The van der Waals surface area contributed by atoms with E-state index in [9.17, 15) is 4.79 Å². The number of carbonyl (C=O) groups excluding carboxylic acids is 1. The van der Waals surface area contributed by atoms with Gasteiger partial charge in [-0.15, -0.1) is 0 Å². The van der Waals surface area contributed by atoms with Gasteiger partial charge in [0.25, 0.3) is 11.7 Å². The van der Waals surface area contributed by atoms with Gasteiger partial charge in [0, 0.05) is 18.9 Å². The van der Waals surface area contributed by atoms with Crippen molar-refractivity contribution in [1.29, 1.82) is 0 Å². The lowest BCUT2D eigenvalue weighted by molar-refractivity contribution is 0.0950. The van der Waals surface area contributed by atoms with Crippen LogP contribution >= 0.6 is 0 Å². The summed E-state index contributed by atoms with van der Waals surface area (Å²) in [5.74, 6) is 1.02. The van der Waals surface area contributed by atoms with E-state index >= 15 is 0 Å². The number of amides is 1. The Bertz CT molecular complexity index is 815. The van der Waals surface area contributed by atoms with E-state index in [1.807, 2.05) is 18.3 Å². The molecule has 0 radical (unpaired) electrons. The molecule has 0 saturated heterocycles. The third kappa shape index (κ3) is 3.45. The first kappa shape index (κ1) is 15.0. The minimum Gasteiger partial charge on any atom is -0.496 e. The molecule has 0 aliphatic heterocycles. The highest BCUT2D eigenvalue weighted by Gasteiger charge is 2.10. The maximum absolute atomic E-state index is 12.1. The molecule has 2 aromatic heterocycles. The van der Waals surface area contributed by atoms with Gasteiger partial charge in [-0.3, -0.25) is 4.79 Å². The Hall–Kier alpha value is -2.96. The molecule has 3 rings (SSSR count). The molecule has 1 N–H and O–H groups in total. The van der Waals surface area contributed by atoms with E-state index in [1.165, 1.54) is 6.33 Å². The SMILES string of the molecule is COc1ccccc1C(=O)NCCCc1cnc2ncnn2c1. The second-order valence-electron chi connectivity index (χ2n) is 5.03. The molecule has 1 amide bonds. The molecule has 0 aliphatic carbocycles. The molecule has 0 saturated carbocycles. The van der Waals surface area contributed by atoms with Gasteiger partial charge in [-0.25, -0.2) is 9.50 Å². The first-order valence-corrected chi connectivity index (χ1v) is 7.33. The molecule has 7 heteroatoms. The first-order valence-electron chi connectivity index (χ1n) is 7.33. The molecular formula is C16H17N5O2. The van der Waals surface area contributed by atoms with Crippen molar-refractivity contribution in [3.63, 3.8) is 0 Å². The summed E-state index contributed by atoms with van der Waals surface area (Å²) in [4.78, 5) is 20.4. The van der Waals surface area contributed by atoms with Crippen LogP contribution in [0, 0.1) is 0 Å². The number of fused-ring (bicyclic) bond motifs is 1. The first-order chi connectivity index (χ1) is 11.3. The van der Waals surface area contributed by atoms with Gasteiger partial charge >= 0.3 is 0 Å². The number of rotatable bonds is 6. The normalized spacial score (nSPS) is 10.7. The average molecular weight is 311 g/mol. The number of nitrogens with one attached hydrogen (secondary N) is 1. The Morgan fingerprint density at radius 2 is 2.17 bits per heavy atom. The van der Waals surface area contributed by atoms with Crippen LogP contribution in [-0.2, 0) is 6.42 Å². The minimum absolute atomic E-state index is 0.132. The van der Waals surface area contributed by atoms with Crippen molar-refractivity contribution in [2.45, 2.75) is 12.8 Å². The minimum atomic E-state index is -0.132. The molecule has 1 aromatic carbocycles. The van der Waals surface area contributed by atoms with E-state index in [2.05, 4.69) is 20.4 Å². The summed E-state index contributed by atoms with van der Waals surface area (Å²) in [5.41, 5.74) is 1.59. The van der Waals surface area contributed by atoms with E-state index in [1.54, 1.807) is 30.0 Å². The number of para-hydroxylation sites is 1. The summed E-state index contributed by atoms with van der Waals surface area (Å²) < 4.78 is 6.83. The molecule has 7 nitrogen and oxygen atoms in total. The van der Waals surface area contributed by atoms with Gasteiger partial charge in [0.15, 0.2) is 0 Å². The molecular weight excluding hydrogens is 294 g/mol. The fourth-order valence-electron chi connectivity index (χ4n) is 2.31. The van der Waals surface area contributed by atoms with Crippen molar-refractivity contribution in [2.75, 3.05) is 13.7 Å². The maximum atomic E-state index is 12.1. The summed E-state index contributed by atoms with van der Waals surface area (Å²) in [6.07, 6.45) is 6.76. The largest absolute Gasteiger partial charge is 0.496 e. The van der Waals surface area contributed by atoms with Crippen LogP contribution in [0.4, 0.5) is 0 Å². The lowest BCUT2D eigenvalue weighted by Crippen LogP contribution is -2.25. The Kier molecular flexibility index (Phi) is 4.46. The Balaban J connectivity index is 1.52. The zero-order valence-electron chi connectivity index (χ0n) is 12.8. The van der Waals surface area contributed by atoms with Crippen molar-refractivity contribution in [3.05, 3.63) is 54.1 Å². The van der Waals surface area contributed by atoms with Crippen LogP contribution in [0.25, 0.3) is 5.78 Å². The van der Waals surface area contributed by atoms with Gasteiger partial charge in [0.1, 0.15) is 12.1 Å². The number of methoxy groups -OCH3 is 1. The molecule has 0 fully saturated rings. The smallest absolute Gasteiger partial charge is 0.255 e. The zero-order valence-corrected chi connectivity index (χ0v) is 12.8. The lowest BCUT2D eigenvalue weighted by atomic mass is 10.1. The number of aryl methyl sites for hydroxylation is 1. The third-order valence-corrected chi connectivity index (χ3v) is 3.47. The Morgan fingerprint density at radius 1 is 1.30 bits per heavy atom. The van der Waals surface area contributed by atoms with Gasteiger partial charge in [-0.05, 0) is 30.5 Å². The molecule has 3 aromatic rings. The van der Waals surface area contributed by atoms with Crippen molar-refractivity contribution < 1.29 is 9.53 Å². The summed E-state index contributed by atoms with van der Waals surface area (Å²) in [5, 5.41) is 6.96. The topological polar surface area (TPSA) is 81.4 Å². The zero-order chi connectivity index (χ0) is 16.1. The Labute approximate surface area is 133 Å². The molecule has 0 bridgehead atoms. The number of carbonyl (C=O) groups is 1. The average Bonchev–Trinajstić information content (AvgIpc) is 3.06. The van der Waals surface area contributed by atoms with Crippen LogP contribution in [0.15, 0.2) is 43.0 Å². The quantitative estimate of drug-likeness (QED) is 0.698. The predicted octanol–water partition coefficient (Wildman–Crippen LogP) is 1.50. The summed E-state index contributed by atoms with van der Waals surface area (Å²) >= 11 is 0. The summed E-state index contributed by atoms with van der Waals surface area (Å²) in [7, 11) is 1.55. The highest BCUT2D eigenvalue weighted by atomic mass is 16.5. The van der Waals surface area contributed by atoms with Crippen LogP contribution in [-0.4, -0.2) is 39.1 Å². The van der Waals surface area contributed by atoms with Crippen molar-refractivity contribution >= 4 is 11.7 Å². The van der Waals surface area contributed by atoms with Crippen LogP contribution in [0.1, 0.15) is 22.3 Å². The maximum Gasteiger partial charge on any atom is 0.255 e. The molecule has 23 heavy (non-hydrogen) atoms. The highest BCUT2D eigenvalue weighted by Crippen LogP contribution is 2.16. The number of aromatic nitrogens is 4. The number of nitrogens with zero attached hydrogens (tertiary/aromatic N) is 4. The lowest BCUT2D eigenvalue weighted by Gasteiger charge is -2.09. The third-order valence-electron chi connectivity index (χ3n) is 3.47. The van der Waals surface area contributed by atoms with Crippen LogP contribution in [0.5, 0.6) is 5.75 Å². The molecule has 2 heterocycles. The predicted molar refractivity (Wildman–Crippen MR) is 84.4 cm³/mol. The van der Waals surface area contributed by atoms with Crippen molar-refractivity contribution in [2.24, 2.45) is 0 Å². The second-order valence-corrected chi connectivity index (χ2v) is 5.03. The van der Waals surface area contributed by atoms with Gasteiger partial charge in [-0.2, -0.15) is 10.1 Å². The fourth-order valence-corrected chi connectivity index (χ4v) is 2.31. The van der Waals surface area contributed by atoms with Crippen LogP contribution < -0.4 is 10.1 Å². The Morgan fingerprint density at radius 3 is 3.04 bits per heavy atom. The van der Waals surface area contributed by atoms with Gasteiger partial charge in [0.2, 0.25) is 0 Å². The molecule has 0 spiro atoms. The van der Waals surface area contributed by atoms with Gasteiger partial charge < -0.3 is 10.1 Å². The van der Waals surface area contributed by atoms with E-state index in [4.69, 9.17) is 4.74 Å².